The Morgan fingerprint density at radius 3 is 2.17 bits per heavy atom. The average molecular weight is 446 g/mol. The Labute approximate surface area is 200 Å². The second-order valence-corrected chi connectivity index (χ2v) is 9.11. The van der Waals surface area contributed by atoms with Gasteiger partial charge in [-0.3, -0.25) is 0 Å². The van der Waals surface area contributed by atoms with Crippen LogP contribution in [0.2, 0.25) is 0 Å². The molecule has 35 heavy (non-hydrogen) atoms. The predicted octanol–water partition coefficient (Wildman–Crippen LogP) is 8.16. The van der Waals surface area contributed by atoms with Gasteiger partial charge in [0.25, 0.3) is 0 Å². The molecule has 0 aliphatic carbocycles. The molecule has 0 atom stereocenters. The van der Waals surface area contributed by atoms with Gasteiger partial charge in [0.05, 0.1) is 16.7 Å². The number of rotatable bonds is 1. The van der Waals surface area contributed by atoms with E-state index >= 15 is 0 Å². The minimum atomic E-state index is 0.950. The molecule has 0 bridgehead atoms. The van der Waals surface area contributed by atoms with Crippen molar-refractivity contribution in [2.45, 2.75) is 0 Å². The van der Waals surface area contributed by atoms with Crippen LogP contribution < -0.4 is 0 Å². The van der Waals surface area contributed by atoms with Gasteiger partial charge in [-0.15, -0.1) is 0 Å². The summed E-state index contributed by atoms with van der Waals surface area (Å²) in [4.78, 5) is 10.1. The Balaban J connectivity index is 1.63. The monoisotopic (exact) mass is 445 g/mol. The number of fused-ring (bicyclic) bond motifs is 10. The third-order valence-corrected chi connectivity index (χ3v) is 7.15. The van der Waals surface area contributed by atoms with Crippen molar-refractivity contribution in [2.24, 2.45) is 0 Å². The zero-order valence-electron chi connectivity index (χ0n) is 18.8. The molecule has 3 aromatic heterocycles. The number of para-hydroxylation sites is 1. The number of hydrogen-bond donors (Lipinski definition) is 0. The van der Waals surface area contributed by atoms with Crippen LogP contribution in [0.1, 0.15) is 0 Å². The first kappa shape index (κ1) is 18.6. The summed E-state index contributed by atoms with van der Waals surface area (Å²) >= 11 is 0. The van der Waals surface area contributed by atoms with E-state index in [1.165, 1.54) is 37.7 Å². The molecule has 162 valence electrons. The topological polar surface area (TPSA) is 30.2 Å². The zero-order valence-corrected chi connectivity index (χ0v) is 18.8. The number of nitrogens with zero attached hydrogens (tertiary/aromatic N) is 3. The van der Waals surface area contributed by atoms with E-state index in [4.69, 9.17) is 9.97 Å². The van der Waals surface area contributed by atoms with Crippen LogP contribution in [0.4, 0.5) is 0 Å². The van der Waals surface area contributed by atoms with Gasteiger partial charge in [0.2, 0.25) is 0 Å². The molecule has 8 aromatic rings. The molecule has 0 saturated carbocycles. The maximum absolute atomic E-state index is 5.16. The minimum absolute atomic E-state index is 0.950. The lowest BCUT2D eigenvalue weighted by Crippen LogP contribution is -1.91. The van der Waals surface area contributed by atoms with Crippen LogP contribution >= 0.6 is 0 Å². The van der Waals surface area contributed by atoms with Gasteiger partial charge in [-0.25, -0.2) is 9.97 Å². The van der Waals surface area contributed by atoms with Gasteiger partial charge in [0.1, 0.15) is 5.65 Å². The summed E-state index contributed by atoms with van der Waals surface area (Å²) in [5.41, 5.74) is 5.16. The molecule has 0 saturated heterocycles. The molecule has 3 heterocycles. The predicted molar refractivity (Wildman–Crippen MR) is 146 cm³/mol. The van der Waals surface area contributed by atoms with Crippen molar-refractivity contribution in [3.63, 3.8) is 0 Å². The largest absolute Gasteiger partial charge is 0.306 e. The lowest BCUT2D eigenvalue weighted by molar-refractivity contribution is 1.19. The summed E-state index contributed by atoms with van der Waals surface area (Å²) < 4.78 is 2.09. The molecule has 5 aromatic carbocycles. The van der Waals surface area contributed by atoms with Crippen molar-refractivity contribution < 1.29 is 0 Å². The molecule has 0 aliphatic rings. The number of benzene rings is 5. The summed E-state index contributed by atoms with van der Waals surface area (Å²) in [5.74, 6) is 0. The van der Waals surface area contributed by atoms with Crippen LogP contribution in [0.15, 0.2) is 116 Å². The third kappa shape index (κ3) is 2.61. The van der Waals surface area contributed by atoms with Gasteiger partial charge in [0, 0.05) is 34.1 Å². The summed E-state index contributed by atoms with van der Waals surface area (Å²) in [6, 6.07) is 36.5. The maximum atomic E-state index is 5.16. The average Bonchev–Trinajstić information content (AvgIpc) is 3.36. The van der Waals surface area contributed by atoms with Crippen LogP contribution in [0.3, 0.4) is 0 Å². The van der Waals surface area contributed by atoms with E-state index in [1.54, 1.807) is 0 Å². The Morgan fingerprint density at radius 1 is 0.543 bits per heavy atom. The molecule has 0 aliphatic heterocycles. The van der Waals surface area contributed by atoms with E-state index < -0.39 is 0 Å². The molecule has 0 unspecified atom stereocenters. The van der Waals surface area contributed by atoms with Crippen molar-refractivity contribution in [3.8, 4) is 11.3 Å². The Kier molecular flexibility index (Phi) is 3.66. The lowest BCUT2D eigenvalue weighted by atomic mass is 9.89. The fraction of sp³-hybridized carbons (Fsp3) is 0. The highest BCUT2D eigenvalue weighted by Gasteiger charge is 2.17. The van der Waals surface area contributed by atoms with Gasteiger partial charge in [-0.2, -0.15) is 0 Å². The maximum Gasteiger partial charge on any atom is 0.137 e. The van der Waals surface area contributed by atoms with Crippen molar-refractivity contribution in [2.75, 3.05) is 0 Å². The van der Waals surface area contributed by atoms with Gasteiger partial charge in [-0.1, -0.05) is 72.8 Å². The molecule has 0 amide bonds. The number of pyridine rings is 2. The van der Waals surface area contributed by atoms with Crippen molar-refractivity contribution in [1.29, 1.82) is 0 Å². The van der Waals surface area contributed by atoms with Crippen molar-refractivity contribution in [3.05, 3.63) is 116 Å². The van der Waals surface area contributed by atoms with E-state index in [0.29, 0.717) is 0 Å². The summed E-state index contributed by atoms with van der Waals surface area (Å²) in [7, 11) is 0. The molecular formula is C32H19N3. The Bertz CT molecular complexity index is 2090. The zero-order chi connectivity index (χ0) is 22.9. The third-order valence-electron chi connectivity index (χ3n) is 7.15. The molecule has 3 heteroatoms. The summed E-state index contributed by atoms with van der Waals surface area (Å²) in [5, 5.41) is 9.65. The SMILES string of the molecule is c1ccc2nc3c4ccccc4c4cc(-c5cn6ccccc6n5)c5ccccc5c4c3cc2c1. The highest BCUT2D eigenvalue weighted by Crippen LogP contribution is 2.42. The van der Waals surface area contributed by atoms with Crippen LogP contribution in [-0.4, -0.2) is 14.4 Å². The highest BCUT2D eigenvalue weighted by molar-refractivity contribution is 6.33. The number of imidazole rings is 1. The molecule has 0 N–H and O–H groups in total. The molecule has 0 radical (unpaired) electrons. The number of hydrogen-bond acceptors (Lipinski definition) is 2. The molecule has 3 nitrogen and oxygen atoms in total. The van der Waals surface area contributed by atoms with E-state index in [2.05, 4.69) is 102 Å². The van der Waals surface area contributed by atoms with Crippen LogP contribution in [-0.2, 0) is 0 Å². The fourth-order valence-corrected chi connectivity index (χ4v) is 5.59. The molecule has 0 fully saturated rings. The normalized spacial score (nSPS) is 12.0. The first-order chi connectivity index (χ1) is 17.3. The van der Waals surface area contributed by atoms with E-state index in [1.807, 2.05) is 18.2 Å². The summed E-state index contributed by atoms with van der Waals surface area (Å²) in [6.45, 7) is 0. The van der Waals surface area contributed by atoms with Crippen LogP contribution in [0.25, 0.3) is 71.0 Å². The van der Waals surface area contributed by atoms with E-state index in [0.717, 1.165) is 33.3 Å². The Hall–Kier alpha value is -4.76. The minimum Gasteiger partial charge on any atom is -0.306 e. The number of aromatic nitrogens is 3. The van der Waals surface area contributed by atoms with Gasteiger partial charge in [0.15, 0.2) is 0 Å². The van der Waals surface area contributed by atoms with Crippen molar-refractivity contribution in [1.82, 2.24) is 14.4 Å². The van der Waals surface area contributed by atoms with Gasteiger partial charge in [-0.05, 0) is 57.3 Å². The quantitative estimate of drug-likeness (QED) is 0.188. The van der Waals surface area contributed by atoms with E-state index in [-0.39, 0.29) is 0 Å². The first-order valence-electron chi connectivity index (χ1n) is 11.8. The highest BCUT2D eigenvalue weighted by atomic mass is 15.0. The first-order valence-corrected chi connectivity index (χ1v) is 11.8. The second-order valence-electron chi connectivity index (χ2n) is 9.11. The standard InChI is InChI=1S/C32H19N3/c1-6-14-28-20(9-1)17-27-31-23-12-4-2-10-21(23)25(29-19-35-16-8-7-15-30(35)33-29)18-26(31)22-11-3-5-13-24(22)32(27)34-28/h1-19H. The molecule has 0 spiro atoms. The van der Waals surface area contributed by atoms with Crippen LogP contribution in [0.5, 0.6) is 0 Å². The fourth-order valence-electron chi connectivity index (χ4n) is 5.59. The second kappa shape index (κ2) is 6.87. The summed E-state index contributed by atoms with van der Waals surface area (Å²) in [6.07, 6.45) is 4.18. The van der Waals surface area contributed by atoms with Crippen molar-refractivity contribution >= 4 is 59.8 Å². The molecule has 8 rings (SSSR count). The van der Waals surface area contributed by atoms with E-state index in [9.17, 15) is 0 Å². The van der Waals surface area contributed by atoms with Gasteiger partial charge >= 0.3 is 0 Å². The van der Waals surface area contributed by atoms with Crippen LogP contribution in [0, 0.1) is 0 Å². The molecular weight excluding hydrogens is 426 g/mol. The van der Waals surface area contributed by atoms with Gasteiger partial charge < -0.3 is 4.40 Å². The lowest BCUT2D eigenvalue weighted by Gasteiger charge is -2.15. The Morgan fingerprint density at radius 2 is 1.29 bits per heavy atom. The smallest absolute Gasteiger partial charge is 0.137 e.